The summed E-state index contributed by atoms with van der Waals surface area (Å²) < 4.78 is 13.2. The molecule has 2 aliphatic rings. The number of halogens is 2. The second-order valence-corrected chi connectivity index (χ2v) is 7.59. The lowest BCUT2D eigenvalue weighted by Gasteiger charge is -2.22. The Balaban J connectivity index is 1.41. The van der Waals surface area contributed by atoms with Gasteiger partial charge >= 0.3 is 0 Å². The predicted octanol–water partition coefficient (Wildman–Crippen LogP) is 3.03. The number of aryl methyl sites for hydroxylation is 1. The van der Waals surface area contributed by atoms with Gasteiger partial charge < -0.3 is 15.5 Å². The van der Waals surface area contributed by atoms with Crippen LogP contribution in [0.25, 0.3) is 0 Å². The Kier molecular flexibility index (Phi) is 5.24. The smallest absolute Gasteiger partial charge is 0.239 e. The van der Waals surface area contributed by atoms with E-state index in [0.29, 0.717) is 31.4 Å². The summed E-state index contributed by atoms with van der Waals surface area (Å²) in [7, 11) is 0. The molecule has 1 fully saturated rings. The number of carbonyl (C=O) groups is 3. The summed E-state index contributed by atoms with van der Waals surface area (Å²) in [6.45, 7) is 0.617. The highest BCUT2D eigenvalue weighted by molar-refractivity contribution is 6.30. The van der Waals surface area contributed by atoms with Gasteiger partial charge in [0.15, 0.2) is 0 Å². The van der Waals surface area contributed by atoms with E-state index in [1.54, 1.807) is 17.0 Å². The van der Waals surface area contributed by atoms with Crippen LogP contribution >= 0.6 is 11.6 Å². The van der Waals surface area contributed by atoms with Gasteiger partial charge in [0.2, 0.25) is 17.7 Å². The number of nitrogens with zero attached hydrogens (tertiary/aromatic N) is 1. The first-order valence-corrected chi connectivity index (χ1v) is 9.76. The Hall–Kier alpha value is -2.93. The zero-order valence-electron chi connectivity index (χ0n) is 15.5. The molecule has 0 saturated carbocycles. The molecule has 0 bridgehead atoms. The number of hydrogen-bond donors (Lipinski definition) is 2. The van der Waals surface area contributed by atoms with Crippen molar-refractivity contribution >= 4 is 40.7 Å². The number of carbonyl (C=O) groups excluding carboxylic acids is 3. The topological polar surface area (TPSA) is 78.5 Å². The SMILES string of the molecule is O=C1CCc2cc(N3CCC(C(=O)NCc4ccc(F)c(Cl)c4)C3=O)ccc2N1. The van der Waals surface area contributed by atoms with Gasteiger partial charge in [-0.2, -0.15) is 0 Å². The second kappa shape index (κ2) is 7.83. The van der Waals surface area contributed by atoms with E-state index in [-0.39, 0.29) is 29.3 Å². The highest BCUT2D eigenvalue weighted by Crippen LogP contribution is 2.31. The van der Waals surface area contributed by atoms with Crippen molar-refractivity contribution in [3.63, 3.8) is 0 Å². The summed E-state index contributed by atoms with van der Waals surface area (Å²) in [5.74, 6) is -1.90. The van der Waals surface area contributed by atoms with Crippen LogP contribution in [0.15, 0.2) is 36.4 Å². The maximum atomic E-state index is 13.2. The molecule has 2 aromatic carbocycles. The average Bonchev–Trinajstić information content (AvgIpc) is 3.09. The minimum absolute atomic E-state index is 0.0107. The molecule has 8 heteroatoms. The third-order valence-corrected chi connectivity index (χ3v) is 5.56. The van der Waals surface area contributed by atoms with Crippen molar-refractivity contribution < 1.29 is 18.8 Å². The van der Waals surface area contributed by atoms with E-state index >= 15 is 0 Å². The third-order valence-electron chi connectivity index (χ3n) is 5.27. The molecule has 4 rings (SSSR count). The normalized spacial score (nSPS) is 18.4. The van der Waals surface area contributed by atoms with Gasteiger partial charge in [-0.1, -0.05) is 17.7 Å². The van der Waals surface area contributed by atoms with E-state index in [2.05, 4.69) is 10.6 Å². The fraction of sp³-hybridized carbons (Fsp3) is 0.286. The summed E-state index contributed by atoms with van der Waals surface area (Å²) in [4.78, 5) is 38.4. The van der Waals surface area contributed by atoms with Gasteiger partial charge in [-0.05, 0) is 54.3 Å². The van der Waals surface area contributed by atoms with E-state index in [1.165, 1.54) is 18.2 Å². The summed E-state index contributed by atoms with van der Waals surface area (Å²) in [5, 5.41) is 5.54. The molecule has 2 N–H and O–H groups in total. The number of rotatable bonds is 4. The van der Waals surface area contributed by atoms with Crippen LogP contribution in [-0.4, -0.2) is 24.3 Å². The van der Waals surface area contributed by atoms with E-state index in [1.807, 2.05) is 6.07 Å². The molecule has 0 aliphatic carbocycles. The van der Waals surface area contributed by atoms with Crippen LogP contribution < -0.4 is 15.5 Å². The van der Waals surface area contributed by atoms with Crippen LogP contribution in [0.3, 0.4) is 0 Å². The van der Waals surface area contributed by atoms with Crippen LogP contribution in [-0.2, 0) is 27.3 Å². The molecular formula is C21H19ClFN3O3. The van der Waals surface area contributed by atoms with Gasteiger partial charge in [0.05, 0.1) is 5.02 Å². The van der Waals surface area contributed by atoms with Crippen molar-refractivity contribution in [3.05, 3.63) is 58.4 Å². The van der Waals surface area contributed by atoms with Crippen LogP contribution in [0.5, 0.6) is 0 Å². The third kappa shape index (κ3) is 3.96. The van der Waals surface area contributed by atoms with Gasteiger partial charge in [0.25, 0.3) is 0 Å². The van der Waals surface area contributed by atoms with Crippen LogP contribution in [0.4, 0.5) is 15.8 Å². The molecule has 6 nitrogen and oxygen atoms in total. The number of anilines is 2. The van der Waals surface area contributed by atoms with Gasteiger partial charge in [-0.3, -0.25) is 14.4 Å². The number of benzene rings is 2. The highest BCUT2D eigenvalue weighted by atomic mass is 35.5. The molecule has 1 unspecified atom stereocenters. The molecule has 29 heavy (non-hydrogen) atoms. The molecule has 0 spiro atoms. The standard InChI is InChI=1S/C21H19ClFN3O3/c22-16-9-12(1-4-17(16)23)11-24-20(28)15-7-8-26(21(15)29)14-3-5-18-13(10-14)2-6-19(27)25-18/h1,3-5,9-10,15H,2,6-8,11H2,(H,24,28)(H,25,27). The maximum Gasteiger partial charge on any atom is 0.239 e. The lowest BCUT2D eigenvalue weighted by molar-refractivity contribution is -0.132. The largest absolute Gasteiger partial charge is 0.351 e. The van der Waals surface area contributed by atoms with Crippen molar-refractivity contribution in [1.82, 2.24) is 5.32 Å². The minimum atomic E-state index is -0.762. The fourth-order valence-electron chi connectivity index (χ4n) is 3.68. The molecular weight excluding hydrogens is 397 g/mol. The molecule has 2 aliphatic heterocycles. The van der Waals surface area contributed by atoms with Crippen molar-refractivity contribution in [2.45, 2.75) is 25.8 Å². The first-order valence-electron chi connectivity index (χ1n) is 9.38. The van der Waals surface area contributed by atoms with E-state index in [0.717, 1.165) is 16.9 Å². The first-order chi connectivity index (χ1) is 13.9. The lowest BCUT2D eigenvalue weighted by Crippen LogP contribution is -2.36. The summed E-state index contributed by atoms with van der Waals surface area (Å²) in [6.07, 6.45) is 1.46. The predicted molar refractivity (Wildman–Crippen MR) is 107 cm³/mol. The molecule has 0 radical (unpaired) electrons. The van der Waals surface area contributed by atoms with Crippen LogP contribution in [0, 0.1) is 11.7 Å². The van der Waals surface area contributed by atoms with Crippen LogP contribution in [0.1, 0.15) is 24.0 Å². The molecule has 0 aromatic heterocycles. The number of fused-ring (bicyclic) bond motifs is 1. The van der Waals surface area contributed by atoms with Crippen molar-refractivity contribution in [1.29, 1.82) is 0 Å². The Bertz CT molecular complexity index is 1010. The highest BCUT2D eigenvalue weighted by Gasteiger charge is 2.37. The van der Waals surface area contributed by atoms with E-state index < -0.39 is 11.7 Å². The molecule has 1 atom stereocenters. The monoisotopic (exact) mass is 415 g/mol. The van der Waals surface area contributed by atoms with Gasteiger partial charge in [0, 0.05) is 30.9 Å². The van der Waals surface area contributed by atoms with Gasteiger partial charge in [-0.15, -0.1) is 0 Å². The number of hydrogen-bond acceptors (Lipinski definition) is 3. The fourth-order valence-corrected chi connectivity index (χ4v) is 3.88. The Morgan fingerprint density at radius 3 is 2.83 bits per heavy atom. The molecule has 2 heterocycles. The number of nitrogens with one attached hydrogen (secondary N) is 2. The zero-order valence-corrected chi connectivity index (χ0v) is 16.3. The Morgan fingerprint density at radius 2 is 2.03 bits per heavy atom. The minimum Gasteiger partial charge on any atom is -0.351 e. The van der Waals surface area contributed by atoms with E-state index in [4.69, 9.17) is 11.6 Å². The van der Waals surface area contributed by atoms with Gasteiger partial charge in [-0.25, -0.2) is 4.39 Å². The summed E-state index contributed by atoms with van der Waals surface area (Å²) in [6, 6.07) is 9.70. The maximum absolute atomic E-state index is 13.2. The van der Waals surface area contributed by atoms with E-state index in [9.17, 15) is 18.8 Å². The number of amides is 3. The van der Waals surface area contributed by atoms with Crippen molar-refractivity contribution in [2.75, 3.05) is 16.8 Å². The molecule has 2 aromatic rings. The quantitative estimate of drug-likeness (QED) is 0.753. The Labute approximate surface area is 172 Å². The van der Waals surface area contributed by atoms with Gasteiger partial charge in [0.1, 0.15) is 11.7 Å². The van der Waals surface area contributed by atoms with Crippen molar-refractivity contribution in [3.8, 4) is 0 Å². The Morgan fingerprint density at radius 1 is 1.21 bits per heavy atom. The zero-order chi connectivity index (χ0) is 20.5. The lowest BCUT2D eigenvalue weighted by atomic mass is 10.0. The van der Waals surface area contributed by atoms with Crippen LogP contribution in [0.2, 0.25) is 5.02 Å². The summed E-state index contributed by atoms with van der Waals surface area (Å²) >= 11 is 5.75. The average molecular weight is 416 g/mol. The second-order valence-electron chi connectivity index (χ2n) is 7.19. The summed E-state index contributed by atoms with van der Waals surface area (Å²) in [5.41, 5.74) is 3.13. The van der Waals surface area contributed by atoms with Crippen molar-refractivity contribution in [2.24, 2.45) is 5.92 Å². The molecule has 150 valence electrons. The first kappa shape index (κ1) is 19.4. The molecule has 3 amide bonds. The molecule has 1 saturated heterocycles.